The number of quaternary nitrogens is 1. The highest BCUT2D eigenvalue weighted by molar-refractivity contribution is 7.84. The third kappa shape index (κ3) is 4.33. The molecule has 2 amide bonds. The van der Waals surface area contributed by atoms with E-state index in [1.165, 1.54) is 19.2 Å². The van der Waals surface area contributed by atoms with E-state index in [2.05, 4.69) is 15.1 Å². The van der Waals surface area contributed by atoms with Crippen molar-refractivity contribution in [1.82, 2.24) is 14.3 Å². The molecule has 1 aromatic heterocycles. The molecular formula is C16H20N7O9S+. The van der Waals surface area contributed by atoms with E-state index in [1.807, 2.05) is 0 Å². The van der Waals surface area contributed by atoms with Crippen molar-refractivity contribution in [3.05, 3.63) is 30.0 Å². The lowest BCUT2D eigenvalue weighted by molar-refractivity contribution is -1.10. The molecule has 2 aliphatic heterocycles. The van der Waals surface area contributed by atoms with Crippen molar-refractivity contribution in [2.45, 2.75) is 31.5 Å². The number of aliphatic hydroxyl groups is 1. The molecule has 1 aromatic rings. The molecule has 0 aromatic carbocycles. The van der Waals surface area contributed by atoms with Crippen LogP contribution in [0, 0.1) is 0 Å². The third-order valence-corrected chi connectivity index (χ3v) is 6.17. The largest absolute Gasteiger partial charge is 0.501 e. The summed E-state index contributed by atoms with van der Waals surface area (Å²) in [4.78, 5) is 48.8. The van der Waals surface area contributed by atoms with Gasteiger partial charge >= 0.3 is 16.2 Å². The van der Waals surface area contributed by atoms with Crippen LogP contribution >= 0.6 is 0 Å². The number of nitrogen functional groups attached to an aromatic ring is 1. The monoisotopic (exact) mass is 486 g/mol. The number of allylic oxidation sites excluding steroid dienone is 1. The number of carbonyl (C=O) groups is 3. The number of carbonyl (C=O) groups excluding carboxylic acids is 3. The van der Waals surface area contributed by atoms with Gasteiger partial charge in [0.15, 0.2) is 24.7 Å². The van der Waals surface area contributed by atoms with Crippen molar-refractivity contribution < 1.29 is 47.2 Å². The number of amides is 2. The van der Waals surface area contributed by atoms with Crippen LogP contribution in [0.25, 0.3) is 0 Å². The molecule has 7 N–H and O–H groups in total. The normalized spacial score (nSPS) is 28.2. The van der Waals surface area contributed by atoms with Gasteiger partial charge in [0.1, 0.15) is 11.9 Å². The average Bonchev–Trinajstić information content (AvgIpc) is 2.67. The smallest absolute Gasteiger partial charge is 0.362 e. The number of aromatic nitrogens is 2. The first kappa shape index (κ1) is 24.0. The Morgan fingerprint density at radius 2 is 2.09 bits per heavy atom. The minimum Gasteiger partial charge on any atom is -0.501 e. The summed E-state index contributed by atoms with van der Waals surface area (Å²) in [6.45, 7) is 0.642. The number of nitrogens with two attached hydrogens (primary N) is 2. The first-order valence-electron chi connectivity index (χ1n) is 9.22. The molecule has 17 heteroatoms. The summed E-state index contributed by atoms with van der Waals surface area (Å²) in [6.07, 6.45) is 1.38. The van der Waals surface area contributed by atoms with Crippen LogP contribution in [0.5, 0.6) is 0 Å². The molecule has 1 saturated heterocycles. The van der Waals surface area contributed by atoms with E-state index >= 15 is 0 Å². The molecule has 0 bridgehead atoms. The zero-order valence-electron chi connectivity index (χ0n) is 17.0. The number of primary amides is 1. The van der Waals surface area contributed by atoms with Gasteiger partial charge in [-0.25, -0.2) is 19.5 Å². The quantitative estimate of drug-likeness (QED) is 0.0890. The van der Waals surface area contributed by atoms with Crippen molar-refractivity contribution in [3.63, 3.8) is 0 Å². The second-order valence-electron chi connectivity index (χ2n) is 7.29. The summed E-state index contributed by atoms with van der Waals surface area (Å²) in [5.74, 6) is -4.14. The van der Waals surface area contributed by atoms with Crippen LogP contribution in [-0.4, -0.2) is 90.2 Å². The van der Waals surface area contributed by atoms with Gasteiger partial charge in [0.2, 0.25) is 23.3 Å². The summed E-state index contributed by atoms with van der Waals surface area (Å²) >= 11 is 0. The van der Waals surface area contributed by atoms with Gasteiger partial charge in [-0.2, -0.15) is 8.42 Å². The number of anilines is 1. The number of aliphatic hydroxyl groups excluding tert-OH is 1. The molecule has 16 nitrogen and oxygen atoms in total. The van der Waals surface area contributed by atoms with Gasteiger partial charge in [-0.15, -0.1) is 4.65 Å². The Morgan fingerprint density at radius 3 is 2.64 bits per heavy atom. The van der Waals surface area contributed by atoms with E-state index in [9.17, 15) is 37.7 Å². The van der Waals surface area contributed by atoms with Crippen LogP contribution in [0.3, 0.4) is 0 Å². The lowest BCUT2D eigenvalue weighted by Gasteiger charge is -2.50. The lowest BCUT2D eigenvalue weighted by atomic mass is 9.93. The molecule has 2 unspecified atom stereocenters. The van der Waals surface area contributed by atoms with Gasteiger partial charge in [-0.1, -0.05) is 5.16 Å². The van der Waals surface area contributed by atoms with E-state index in [4.69, 9.17) is 16.3 Å². The predicted octanol–water partition coefficient (Wildman–Crippen LogP) is -2.39. The maximum Gasteiger partial charge on any atom is 0.362 e. The van der Waals surface area contributed by atoms with Gasteiger partial charge < -0.3 is 21.4 Å². The summed E-state index contributed by atoms with van der Waals surface area (Å²) in [5, 5.41) is 24.5. The van der Waals surface area contributed by atoms with E-state index in [0.29, 0.717) is 6.20 Å². The number of β-lactam (4-membered cyclic amide) rings is 1. The molecule has 0 radical (unpaired) electrons. The van der Waals surface area contributed by atoms with Crippen LogP contribution in [0.15, 0.2) is 29.4 Å². The number of rotatable bonds is 7. The molecule has 1 fully saturated rings. The Morgan fingerprint density at radius 1 is 1.42 bits per heavy atom. The summed E-state index contributed by atoms with van der Waals surface area (Å²) in [6, 6.07) is -2.66. The van der Waals surface area contributed by atoms with Crippen molar-refractivity contribution >= 4 is 39.4 Å². The third-order valence-electron chi connectivity index (χ3n) is 5.16. The molecule has 178 valence electrons. The molecule has 3 heterocycles. The molecule has 0 saturated carbocycles. The minimum atomic E-state index is -4.89. The minimum absolute atomic E-state index is 0.0133. The van der Waals surface area contributed by atoms with Crippen LogP contribution in [0.1, 0.15) is 19.2 Å². The van der Waals surface area contributed by atoms with E-state index in [-0.39, 0.29) is 15.9 Å². The average molecular weight is 486 g/mol. The highest BCUT2D eigenvalue weighted by atomic mass is 32.2. The fourth-order valence-corrected chi connectivity index (χ4v) is 4.50. The number of oxime groups is 1. The number of hydrogen-bond donors (Lipinski definition) is 5. The number of hydroxylamine groups is 3. The van der Waals surface area contributed by atoms with Crippen LogP contribution in [0.2, 0.25) is 0 Å². The molecule has 33 heavy (non-hydrogen) atoms. The molecular weight excluding hydrogens is 466 g/mol. The molecule has 0 spiro atoms. The van der Waals surface area contributed by atoms with Crippen LogP contribution < -0.4 is 11.5 Å². The zero-order valence-corrected chi connectivity index (χ0v) is 17.8. The van der Waals surface area contributed by atoms with Gasteiger partial charge in [0.05, 0.1) is 6.42 Å². The van der Waals surface area contributed by atoms with Crippen LogP contribution in [0.4, 0.5) is 5.82 Å². The second kappa shape index (κ2) is 8.35. The molecule has 4 atom stereocenters. The first-order chi connectivity index (χ1) is 15.3. The van der Waals surface area contributed by atoms with Gasteiger partial charge in [0.25, 0.3) is 5.91 Å². The van der Waals surface area contributed by atoms with E-state index in [1.54, 1.807) is 0 Å². The van der Waals surface area contributed by atoms with E-state index in [0.717, 1.165) is 0 Å². The summed E-state index contributed by atoms with van der Waals surface area (Å²) < 4.78 is 30.7. The van der Waals surface area contributed by atoms with Crippen LogP contribution in [-0.2, 0) is 29.5 Å². The highest BCUT2D eigenvalue weighted by Gasteiger charge is 2.65. The number of ketones is 1. The lowest BCUT2D eigenvalue weighted by Crippen LogP contribution is -2.77. The maximum absolute atomic E-state index is 12.4. The summed E-state index contributed by atoms with van der Waals surface area (Å²) in [5.41, 5.74) is 10.3. The zero-order chi connectivity index (χ0) is 24.7. The Kier molecular flexibility index (Phi) is 6.07. The van der Waals surface area contributed by atoms with Crippen molar-refractivity contribution in [2.24, 2.45) is 10.9 Å². The molecule has 3 rings (SSSR count). The predicted molar refractivity (Wildman–Crippen MR) is 106 cm³/mol. The standard InChI is InChI=1S/C16H19N7O9S/c1-7-13(16(27)22(7)33(29,30)31)23(28)5-10(25)9(24)4-8(23)6-32-21-12(14(18)26)15-19-3-2-11(17)20-15/h2-3,5,7-8,13,28H,4,6H2,1H3,(H5-,17,18,19,20,25,26,29,30,31)/p+1/b21-12+/t7-,8?,13-,23?/m0/s1. The Bertz CT molecular complexity index is 1180. The van der Waals surface area contributed by atoms with Gasteiger partial charge in [-0.05, 0) is 13.0 Å². The Labute approximate surface area is 186 Å². The highest BCUT2D eigenvalue weighted by Crippen LogP contribution is 2.37. The van der Waals surface area contributed by atoms with Gasteiger partial charge in [0, 0.05) is 6.20 Å². The summed E-state index contributed by atoms with van der Waals surface area (Å²) in [7, 11) is -4.89. The second-order valence-corrected chi connectivity index (χ2v) is 8.58. The fourth-order valence-electron chi connectivity index (χ4n) is 3.62. The maximum atomic E-state index is 12.4. The number of nitrogens with zero attached hydrogens (tertiary/aromatic N) is 5. The first-order valence-corrected chi connectivity index (χ1v) is 10.6. The number of Topliss-reactive ketones (excluding diaryl/α,β-unsaturated/α-hetero) is 1. The Hall–Kier alpha value is -3.67. The Balaban J connectivity index is 1.88. The van der Waals surface area contributed by atoms with Gasteiger partial charge in [-0.3, -0.25) is 18.9 Å². The van der Waals surface area contributed by atoms with Crippen molar-refractivity contribution in [3.8, 4) is 0 Å². The van der Waals surface area contributed by atoms with Crippen molar-refractivity contribution in [2.75, 3.05) is 12.3 Å². The fraction of sp³-hybridized carbons (Fsp3) is 0.375. The molecule has 0 aliphatic carbocycles. The van der Waals surface area contributed by atoms with E-state index < -0.39 is 75.2 Å². The topological polar surface area (TPSA) is 249 Å². The molecule has 2 aliphatic rings. The number of hydrogen-bond acceptors (Lipinski definition) is 12. The van der Waals surface area contributed by atoms with Crippen molar-refractivity contribution in [1.29, 1.82) is 0 Å². The SMILES string of the molecule is C[C@H]1[C@H]([N+]2(O)C=C(O)C(=O)CC2CO/N=C(\C(N)=O)c2nccc(N)n2)C(=O)N1S(=O)(=O)O.